The molecule has 0 aromatic heterocycles. The first-order valence-corrected chi connectivity index (χ1v) is 16.8. The second-order valence-electron chi connectivity index (χ2n) is 6.50. The van der Waals surface area contributed by atoms with Crippen LogP contribution in [0.1, 0.15) is 0 Å². The van der Waals surface area contributed by atoms with Crippen LogP contribution in [0.5, 0.6) is 0 Å². The first kappa shape index (κ1) is 23.6. The van der Waals surface area contributed by atoms with E-state index in [9.17, 15) is 0 Å². The summed E-state index contributed by atoms with van der Waals surface area (Å²) < 4.78 is 0. The summed E-state index contributed by atoms with van der Waals surface area (Å²) in [6, 6.07) is 42.1. The van der Waals surface area contributed by atoms with Crippen molar-refractivity contribution in [3.05, 3.63) is 121 Å². The summed E-state index contributed by atoms with van der Waals surface area (Å²) in [6.07, 6.45) is 0. The third kappa shape index (κ3) is 4.59. The van der Waals surface area contributed by atoms with Crippen molar-refractivity contribution in [2.24, 2.45) is 0 Å². The quantitative estimate of drug-likeness (QED) is 0.193. The van der Waals surface area contributed by atoms with Crippen LogP contribution < -0.4 is 21.2 Å². The van der Waals surface area contributed by atoms with Crippen molar-refractivity contribution in [2.75, 3.05) is 0 Å². The van der Waals surface area contributed by atoms with Gasteiger partial charge in [-0.3, -0.25) is 0 Å². The minimum absolute atomic E-state index is 1.16. The Labute approximate surface area is 200 Å². The molecule has 30 heavy (non-hydrogen) atoms. The van der Waals surface area contributed by atoms with Crippen LogP contribution in [0.3, 0.4) is 0 Å². The van der Waals surface area contributed by atoms with E-state index in [2.05, 4.69) is 97.1 Å². The molecule has 0 N–H and O–H groups in total. The molecule has 0 heterocycles. The maximum atomic E-state index is 8.03. The fraction of sp³-hybridized carbons (Fsp3) is 0. The van der Waals surface area contributed by atoms with Crippen LogP contribution in [0.25, 0.3) is 0 Å². The van der Waals surface area contributed by atoms with Gasteiger partial charge in [0.1, 0.15) is 0 Å². The van der Waals surface area contributed by atoms with Gasteiger partial charge in [0.25, 0.3) is 0 Å². The molecule has 157 valence electrons. The van der Waals surface area contributed by atoms with Gasteiger partial charge in [-0.15, -0.1) is 0 Å². The number of rotatable bonds is 4. The molecule has 0 bridgehead atoms. The Balaban J connectivity index is 0.000000589. The number of halogens is 4. The van der Waals surface area contributed by atoms with Gasteiger partial charge >= 0.3 is 201 Å². The Morgan fingerprint density at radius 1 is 0.400 bits per heavy atom. The van der Waals surface area contributed by atoms with Crippen LogP contribution in [0.4, 0.5) is 0 Å². The first-order valence-electron chi connectivity index (χ1n) is 9.11. The molecule has 0 saturated carbocycles. The van der Waals surface area contributed by atoms with Crippen LogP contribution >= 0.6 is 47.5 Å². The van der Waals surface area contributed by atoms with Gasteiger partial charge in [-0.1, -0.05) is 0 Å². The van der Waals surface area contributed by atoms with Gasteiger partial charge in [0.2, 0.25) is 0 Å². The van der Waals surface area contributed by atoms with E-state index in [1.165, 1.54) is 0 Å². The molecule has 0 unspecified atom stereocenters. The average Bonchev–Trinajstić information content (AvgIpc) is 2.81. The molecule has 0 atom stereocenters. The van der Waals surface area contributed by atoms with E-state index < -0.39 is 17.1 Å². The van der Waals surface area contributed by atoms with Crippen molar-refractivity contribution < 1.29 is 11.2 Å². The van der Waals surface area contributed by atoms with E-state index in [4.69, 9.17) is 41.5 Å². The fourth-order valence-electron chi connectivity index (χ4n) is 3.73. The SMILES string of the molecule is ClP(c1ccccc1)(c1ccccc1)(c1ccccc1)c1ccccc1.[Cl][Fe]([Cl])[Cl]. The van der Waals surface area contributed by atoms with E-state index in [0.29, 0.717) is 0 Å². The van der Waals surface area contributed by atoms with E-state index in [0.717, 1.165) is 21.2 Å². The van der Waals surface area contributed by atoms with Crippen LogP contribution in [0.15, 0.2) is 121 Å². The summed E-state index contributed by atoms with van der Waals surface area (Å²) in [5, 5.41) is 4.63. The predicted octanol–water partition coefficient (Wildman–Crippen LogP) is 7.06. The Kier molecular flexibility index (Phi) is 8.31. The molecule has 6 heteroatoms. The second-order valence-corrected chi connectivity index (χ2v) is 18.1. The third-order valence-corrected chi connectivity index (χ3v) is 12.4. The summed E-state index contributed by atoms with van der Waals surface area (Å²) in [6.45, 7) is 0. The van der Waals surface area contributed by atoms with Gasteiger partial charge in [0.05, 0.1) is 0 Å². The van der Waals surface area contributed by atoms with E-state index in [1.54, 1.807) is 0 Å². The topological polar surface area (TPSA) is 0 Å². The summed E-state index contributed by atoms with van der Waals surface area (Å²) >= 11 is 6.70. The van der Waals surface area contributed by atoms with E-state index >= 15 is 0 Å². The van der Waals surface area contributed by atoms with Gasteiger partial charge < -0.3 is 0 Å². The number of benzene rings is 4. The minimum atomic E-state index is -3.34. The van der Waals surface area contributed by atoms with Crippen LogP contribution in [-0.2, 0) is 11.2 Å². The summed E-state index contributed by atoms with van der Waals surface area (Å²) in [4.78, 5) is 0. The van der Waals surface area contributed by atoms with Gasteiger partial charge in [0, 0.05) is 0 Å². The summed E-state index contributed by atoms with van der Waals surface area (Å²) in [7, 11) is 14.7. The van der Waals surface area contributed by atoms with Gasteiger partial charge in [0.15, 0.2) is 0 Å². The fourth-order valence-corrected chi connectivity index (χ4v) is 9.80. The van der Waals surface area contributed by atoms with E-state index in [1.807, 2.05) is 24.3 Å². The van der Waals surface area contributed by atoms with E-state index in [-0.39, 0.29) is 0 Å². The molecule has 0 nitrogen and oxygen atoms in total. The van der Waals surface area contributed by atoms with Crippen molar-refractivity contribution in [1.82, 2.24) is 0 Å². The molecule has 4 aromatic carbocycles. The number of hydrogen-bond acceptors (Lipinski definition) is 0. The molecule has 0 fully saturated rings. The van der Waals surface area contributed by atoms with Gasteiger partial charge in [-0.25, -0.2) is 0 Å². The standard InChI is InChI=1S/C24H20ClP.3ClH.Fe/c25-26(21-13-5-1-6-14-21,22-15-7-2-8-16-22,23-17-9-3-10-18-23)24-19-11-4-12-20-24;;;;/h1-20H;3*1H;/q;;;;+3/p-3. The maximum absolute atomic E-state index is 8.03. The molecule has 0 saturated heterocycles. The normalized spacial score (nSPS) is 12.7. The monoisotopic (exact) mass is 535 g/mol. The van der Waals surface area contributed by atoms with Crippen molar-refractivity contribution in [3.63, 3.8) is 0 Å². The summed E-state index contributed by atoms with van der Waals surface area (Å²) in [5.74, 6) is -3.34. The van der Waals surface area contributed by atoms with Crippen LogP contribution in [0, 0.1) is 0 Å². The zero-order valence-corrected chi connectivity index (χ0v) is 20.9. The molecule has 0 amide bonds. The van der Waals surface area contributed by atoms with Crippen molar-refractivity contribution in [2.45, 2.75) is 0 Å². The Morgan fingerprint density at radius 3 is 0.733 bits per heavy atom. The molecule has 4 rings (SSSR count). The molecule has 0 spiro atoms. The molecule has 4 aromatic rings. The van der Waals surface area contributed by atoms with Gasteiger partial charge in [-0.05, 0) is 0 Å². The zero-order valence-electron chi connectivity index (χ0n) is 15.9. The predicted molar refractivity (Wildman–Crippen MR) is 135 cm³/mol. The average molecular weight is 537 g/mol. The first-order chi connectivity index (χ1) is 14.5. The van der Waals surface area contributed by atoms with Crippen LogP contribution in [0.2, 0.25) is 0 Å². The van der Waals surface area contributed by atoms with Crippen LogP contribution in [-0.4, -0.2) is 0 Å². The second kappa shape index (κ2) is 10.5. The van der Waals surface area contributed by atoms with Crippen molar-refractivity contribution in [1.29, 1.82) is 0 Å². The van der Waals surface area contributed by atoms with Crippen molar-refractivity contribution >= 4 is 68.7 Å². The Bertz CT molecular complexity index is 873. The molecule has 0 aliphatic carbocycles. The molecular weight excluding hydrogens is 517 g/mol. The molecule has 0 aliphatic heterocycles. The zero-order chi connectivity index (χ0) is 21.5. The molecule has 0 radical (unpaired) electrons. The molecular formula is C24H20Cl4FeP. The molecule has 0 aliphatic rings. The summed E-state index contributed by atoms with van der Waals surface area (Å²) in [5.41, 5.74) is 0. The van der Waals surface area contributed by atoms with Gasteiger partial charge in [-0.2, -0.15) is 0 Å². The Morgan fingerprint density at radius 2 is 0.567 bits per heavy atom. The van der Waals surface area contributed by atoms with Crippen molar-refractivity contribution in [3.8, 4) is 0 Å². The number of hydrogen-bond donors (Lipinski definition) is 0. The Hall–Kier alpha value is -1.01. The third-order valence-electron chi connectivity index (χ3n) is 4.96.